The fourth-order valence-electron chi connectivity index (χ4n) is 1.02. The van der Waals surface area contributed by atoms with E-state index >= 15 is 0 Å². The molecule has 0 saturated heterocycles. The van der Waals surface area contributed by atoms with Crippen molar-refractivity contribution in [3.63, 3.8) is 0 Å². The van der Waals surface area contributed by atoms with Gasteiger partial charge in [0.25, 0.3) is 0 Å². The fraction of sp³-hybridized carbons (Fsp3) is 0.556. The topological polar surface area (TPSA) is 25.8 Å². The van der Waals surface area contributed by atoms with E-state index in [4.69, 9.17) is 0 Å². The molecule has 5 heteroatoms. The van der Waals surface area contributed by atoms with E-state index in [0.29, 0.717) is 12.1 Å². The molecule has 0 unspecified atom stereocenters. The molecule has 0 aliphatic carbocycles. The van der Waals surface area contributed by atoms with E-state index in [-0.39, 0.29) is 0 Å². The lowest BCUT2D eigenvalue weighted by Crippen LogP contribution is -2.10. The Hall–Kier alpha value is -1.13. The van der Waals surface area contributed by atoms with Crippen molar-refractivity contribution in [2.24, 2.45) is 0 Å². The van der Waals surface area contributed by atoms with Gasteiger partial charge in [0.05, 0.1) is 11.9 Å². The van der Waals surface area contributed by atoms with E-state index in [2.05, 4.69) is 9.97 Å². The van der Waals surface area contributed by atoms with Gasteiger partial charge in [-0.1, -0.05) is 13.3 Å². The van der Waals surface area contributed by atoms with Crippen molar-refractivity contribution >= 4 is 0 Å². The minimum atomic E-state index is -4.39. The van der Waals surface area contributed by atoms with Crippen molar-refractivity contribution < 1.29 is 13.2 Å². The molecule has 0 aliphatic heterocycles. The van der Waals surface area contributed by atoms with Crippen molar-refractivity contribution in [1.82, 2.24) is 9.97 Å². The van der Waals surface area contributed by atoms with Crippen molar-refractivity contribution in [3.8, 4) is 0 Å². The van der Waals surface area contributed by atoms with Crippen molar-refractivity contribution in [2.75, 3.05) is 0 Å². The molecule has 1 heterocycles. The Kier molecular flexibility index (Phi) is 3.43. The summed E-state index contributed by atoms with van der Waals surface area (Å²) in [4.78, 5) is 7.02. The van der Waals surface area contributed by atoms with Gasteiger partial charge in [0.1, 0.15) is 0 Å². The van der Waals surface area contributed by atoms with Crippen LogP contribution in [-0.2, 0) is 12.6 Å². The number of rotatable bonds is 3. The minimum absolute atomic E-state index is 0.404. The van der Waals surface area contributed by atoms with E-state index in [1.165, 1.54) is 6.20 Å². The molecular formula is C9H11F3N2. The second kappa shape index (κ2) is 4.39. The molecule has 14 heavy (non-hydrogen) atoms. The summed E-state index contributed by atoms with van der Waals surface area (Å²) in [5.74, 6) is 0. The molecule has 0 radical (unpaired) electrons. The van der Waals surface area contributed by atoms with Crippen molar-refractivity contribution in [3.05, 3.63) is 23.8 Å². The summed E-state index contributed by atoms with van der Waals surface area (Å²) in [7, 11) is 0. The third kappa shape index (κ3) is 2.97. The van der Waals surface area contributed by atoms with E-state index in [1.807, 2.05) is 6.92 Å². The SMILES string of the molecule is CCCCc1cncc(C(F)(F)F)n1. The number of alkyl halides is 3. The number of aryl methyl sites for hydroxylation is 1. The Morgan fingerprint density at radius 2 is 2.00 bits per heavy atom. The van der Waals surface area contributed by atoms with Gasteiger partial charge in [-0.05, 0) is 12.8 Å². The largest absolute Gasteiger partial charge is 0.434 e. The molecule has 78 valence electrons. The second-order valence-corrected chi connectivity index (χ2v) is 3.00. The predicted molar refractivity (Wildman–Crippen MR) is 45.6 cm³/mol. The summed E-state index contributed by atoms with van der Waals surface area (Å²) < 4.78 is 36.6. The quantitative estimate of drug-likeness (QED) is 0.756. The number of nitrogens with zero attached hydrogens (tertiary/aromatic N) is 2. The molecule has 0 atom stereocenters. The van der Waals surface area contributed by atoms with Gasteiger partial charge in [-0.3, -0.25) is 4.98 Å². The molecule has 0 bridgehead atoms. The molecule has 1 aromatic heterocycles. The van der Waals surface area contributed by atoms with Crippen LogP contribution in [0, 0.1) is 0 Å². The van der Waals surface area contributed by atoms with Crippen LogP contribution in [0.5, 0.6) is 0 Å². The van der Waals surface area contributed by atoms with Gasteiger partial charge in [-0.2, -0.15) is 13.2 Å². The lowest BCUT2D eigenvalue weighted by molar-refractivity contribution is -0.141. The minimum Gasteiger partial charge on any atom is -0.261 e. The standard InChI is InChI=1S/C9H11F3N2/c1-2-3-4-7-5-13-6-8(14-7)9(10,11)12/h5-6H,2-4H2,1H3. The first-order valence-electron chi connectivity index (χ1n) is 4.42. The van der Waals surface area contributed by atoms with Crippen molar-refractivity contribution in [2.45, 2.75) is 32.4 Å². The van der Waals surface area contributed by atoms with E-state index in [1.54, 1.807) is 0 Å². The average Bonchev–Trinajstić information content (AvgIpc) is 2.14. The lowest BCUT2D eigenvalue weighted by atomic mass is 10.2. The van der Waals surface area contributed by atoms with Crippen LogP contribution < -0.4 is 0 Å². The zero-order valence-corrected chi connectivity index (χ0v) is 7.80. The maximum Gasteiger partial charge on any atom is 0.434 e. The summed E-state index contributed by atoms with van der Waals surface area (Å²) in [5.41, 5.74) is -0.507. The summed E-state index contributed by atoms with van der Waals surface area (Å²) in [5, 5.41) is 0. The molecule has 1 aromatic rings. The number of aromatic nitrogens is 2. The zero-order valence-electron chi connectivity index (χ0n) is 7.80. The lowest BCUT2D eigenvalue weighted by Gasteiger charge is -2.06. The molecule has 0 amide bonds. The monoisotopic (exact) mass is 204 g/mol. The molecule has 0 aliphatic rings. The van der Waals surface area contributed by atoms with Gasteiger partial charge in [-0.15, -0.1) is 0 Å². The van der Waals surface area contributed by atoms with E-state index in [9.17, 15) is 13.2 Å². The Morgan fingerprint density at radius 1 is 1.29 bits per heavy atom. The van der Waals surface area contributed by atoms with E-state index < -0.39 is 11.9 Å². The maximum atomic E-state index is 12.2. The van der Waals surface area contributed by atoms with Gasteiger partial charge < -0.3 is 0 Å². The smallest absolute Gasteiger partial charge is 0.261 e. The third-order valence-electron chi connectivity index (χ3n) is 1.76. The first-order valence-corrected chi connectivity index (χ1v) is 4.42. The molecule has 0 saturated carbocycles. The van der Waals surface area contributed by atoms with E-state index in [0.717, 1.165) is 19.0 Å². The summed E-state index contributed by atoms with van der Waals surface area (Å²) >= 11 is 0. The highest BCUT2D eigenvalue weighted by Crippen LogP contribution is 2.26. The summed E-state index contributed by atoms with van der Waals surface area (Å²) in [6.45, 7) is 1.97. The normalized spacial score (nSPS) is 11.7. The molecule has 1 rings (SSSR count). The van der Waals surface area contributed by atoms with Crippen LogP contribution in [-0.4, -0.2) is 9.97 Å². The van der Waals surface area contributed by atoms with Gasteiger partial charge >= 0.3 is 6.18 Å². The number of hydrogen-bond acceptors (Lipinski definition) is 2. The summed E-state index contributed by atoms with van der Waals surface area (Å²) in [6.07, 6.45) is 0.0386. The van der Waals surface area contributed by atoms with Crippen LogP contribution in [0.1, 0.15) is 31.2 Å². The van der Waals surface area contributed by atoms with Gasteiger partial charge in [0.15, 0.2) is 5.69 Å². The Labute approximate surface area is 80.2 Å². The fourth-order valence-corrected chi connectivity index (χ4v) is 1.02. The van der Waals surface area contributed by atoms with Crippen LogP contribution in [0.4, 0.5) is 13.2 Å². The van der Waals surface area contributed by atoms with Crippen LogP contribution in [0.15, 0.2) is 12.4 Å². The van der Waals surface area contributed by atoms with Crippen LogP contribution in [0.2, 0.25) is 0 Å². The Morgan fingerprint density at radius 3 is 2.57 bits per heavy atom. The molecule has 0 N–H and O–H groups in total. The predicted octanol–water partition coefficient (Wildman–Crippen LogP) is 2.84. The Balaban J connectivity index is 2.79. The van der Waals surface area contributed by atoms with Crippen LogP contribution in [0.25, 0.3) is 0 Å². The molecular weight excluding hydrogens is 193 g/mol. The highest BCUT2D eigenvalue weighted by atomic mass is 19.4. The zero-order chi connectivity index (χ0) is 10.6. The van der Waals surface area contributed by atoms with Gasteiger partial charge in [0.2, 0.25) is 0 Å². The van der Waals surface area contributed by atoms with Gasteiger partial charge in [-0.25, -0.2) is 4.98 Å². The first kappa shape index (κ1) is 10.9. The van der Waals surface area contributed by atoms with Crippen LogP contribution in [0.3, 0.4) is 0 Å². The highest BCUT2D eigenvalue weighted by molar-refractivity contribution is 5.06. The molecule has 0 aromatic carbocycles. The second-order valence-electron chi connectivity index (χ2n) is 3.00. The average molecular weight is 204 g/mol. The van der Waals surface area contributed by atoms with Gasteiger partial charge in [0, 0.05) is 6.20 Å². The number of hydrogen-bond donors (Lipinski definition) is 0. The summed E-state index contributed by atoms with van der Waals surface area (Å²) in [6, 6.07) is 0. The maximum absolute atomic E-state index is 12.2. The number of halogens is 3. The molecule has 0 fully saturated rings. The number of unbranched alkanes of at least 4 members (excludes halogenated alkanes) is 1. The highest BCUT2D eigenvalue weighted by Gasteiger charge is 2.32. The van der Waals surface area contributed by atoms with Crippen LogP contribution >= 0.6 is 0 Å². The molecule has 0 spiro atoms. The molecule has 2 nitrogen and oxygen atoms in total. The Bertz CT molecular complexity index is 296. The third-order valence-corrected chi connectivity index (χ3v) is 1.76. The van der Waals surface area contributed by atoms with Crippen molar-refractivity contribution in [1.29, 1.82) is 0 Å². The first-order chi connectivity index (χ1) is 6.54.